The van der Waals surface area contributed by atoms with E-state index in [0.29, 0.717) is 6.04 Å². The number of ether oxygens (including phenoxy) is 1. The first-order chi connectivity index (χ1) is 8.28. The second-order valence-electron chi connectivity index (χ2n) is 4.31. The monoisotopic (exact) mass is 234 g/mol. The molecule has 4 heteroatoms. The molecule has 0 spiro atoms. The number of carbonyl (C=O) groups excluding carboxylic acids is 1. The molecule has 1 aliphatic rings. The van der Waals surface area contributed by atoms with Crippen molar-refractivity contribution in [3.63, 3.8) is 0 Å². The van der Waals surface area contributed by atoms with Crippen LogP contribution >= 0.6 is 0 Å². The summed E-state index contributed by atoms with van der Waals surface area (Å²) in [4.78, 5) is 11.7. The van der Waals surface area contributed by atoms with Crippen molar-refractivity contribution in [2.75, 3.05) is 12.4 Å². The standard InChI is InChI=1S/C13H18N2O2/c1-17-12-8-4-7-11(9-12)15-13(16)14-10-5-2-3-6-10/h4,7-10H,2-3,5-6H2,1H3,(H2,14,15,16). The van der Waals surface area contributed by atoms with Gasteiger partial charge in [-0.3, -0.25) is 0 Å². The third kappa shape index (κ3) is 3.37. The topological polar surface area (TPSA) is 50.4 Å². The highest BCUT2D eigenvalue weighted by Crippen LogP contribution is 2.19. The average molecular weight is 234 g/mol. The minimum Gasteiger partial charge on any atom is -0.497 e. The highest BCUT2D eigenvalue weighted by atomic mass is 16.5. The lowest BCUT2D eigenvalue weighted by Gasteiger charge is -2.13. The highest BCUT2D eigenvalue weighted by Gasteiger charge is 2.16. The largest absolute Gasteiger partial charge is 0.497 e. The Kier molecular flexibility index (Phi) is 3.85. The van der Waals surface area contributed by atoms with Gasteiger partial charge in [-0.25, -0.2) is 4.79 Å². The minimum atomic E-state index is -0.134. The van der Waals surface area contributed by atoms with E-state index in [1.54, 1.807) is 13.2 Å². The quantitative estimate of drug-likeness (QED) is 0.844. The molecule has 17 heavy (non-hydrogen) atoms. The first-order valence-corrected chi connectivity index (χ1v) is 5.99. The Morgan fingerprint density at radius 1 is 1.35 bits per heavy atom. The summed E-state index contributed by atoms with van der Waals surface area (Å²) in [6, 6.07) is 7.54. The van der Waals surface area contributed by atoms with Gasteiger partial charge in [0.15, 0.2) is 0 Å². The van der Waals surface area contributed by atoms with Crippen LogP contribution in [-0.4, -0.2) is 19.2 Å². The number of carbonyl (C=O) groups is 1. The van der Waals surface area contributed by atoms with Crippen LogP contribution in [0.1, 0.15) is 25.7 Å². The van der Waals surface area contributed by atoms with E-state index in [9.17, 15) is 4.79 Å². The molecule has 1 saturated carbocycles. The molecule has 4 nitrogen and oxygen atoms in total. The maximum Gasteiger partial charge on any atom is 0.319 e. The van der Waals surface area contributed by atoms with Crippen molar-refractivity contribution < 1.29 is 9.53 Å². The van der Waals surface area contributed by atoms with Crippen LogP contribution in [0.15, 0.2) is 24.3 Å². The van der Waals surface area contributed by atoms with Gasteiger partial charge in [0.25, 0.3) is 0 Å². The van der Waals surface area contributed by atoms with Crippen molar-refractivity contribution in [3.05, 3.63) is 24.3 Å². The Hall–Kier alpha value is -1.71. The molecule has 0 saturated heterocycles. The van der Waals surface area contributed by atoms with Crippen LogP contribution in [-0.2, 0) is 0 Å². The van der Waals surface area contributed by atoms with Crippen LogP contribution in [0.2, 0.25) is 0 Å². The Labute approximate surface area is 101 Å². The summed E-state index contributed by atoms with van der Waals surface area (Å²) in [6.07, 6.45) is 4.60. The molecule has 92 valence electrons. The Balaban J connectivity index is 1.88. The zero-order valence-electron chi connectivity index (χ0n) is 10.0. The van der Waals surface area contributed by atoms with E-state index >= 15 is 0 Å². The zero-order chi connectivity index (χ0) is 12.1. The molecule has 2 amide bonds. The molecule has 1 aliphatic carbocycles. The molecular formula is C13H18N2O2. The third-order valence-corrected chi connectivity index (χ3v) is 3.02. The van der Waals surface area contributed by atoms with Gasteiger partial charge in [0.2, 0.25) is 0 Å². The molecule has 0 bridgehead atoms. The van der Waals surface area contributed by atoms with Crippen molar-refractivity contribution in [1.29, 1.82) is 0 Å². The van der Waals surface area contributed by atoms with Crippen molar-refractivity contribution >= 4 is 11.7 Å². The number of amides is 2. The second-order valence-corrected chi connectivity index (χ2v) is 4.31. The lowest BCUT2D eigenvalue weighted by atomic mass is 10.2. The molecule has 0 atom stereocenters. The van der Waals surface area contributed by atoms with E-state index in [4.69, 9.17) is 4.74 Å². The number of urea groups is 1. The van der Waals surface area contributed by atoms with Gasteiger partial charge < -0.3 is 15.4 Å². The lowest BCUT2D eigenvalue weighted by molar-refractivity contribution is 0.248. The van der Waals surface area contributed by atoms with Gasteiger partial charge in [0, 0.05) is 17.8 Å². The predicted molar refractivity (Wildman–Crippen MR) is 67.4 cm³/mol. The fourth-order valence-corrected chi connectivity index (χ4v) is 2.12. The Bertz CT molecular complexity index is 387. The van der Waals surface area contributed by atoms with Gasteiger partial charge in [-0.1, -0.05) is 18.9 Å². The van der Waals surface area contributed by atoms with Gasteiger partial charge in [-0.05, 0) is 25.0 Å². The Morgan fingerprint density at radius 2 is 2.12 bits per heavy atom. The number of rotatable bonds is 3. The van der Waals surface area contributed by atoms with Gasteiger partial charge in [-0.15, -0.1) is 0 Å². The van der Waals surface area contributed by atoms with E-state index in [2.05, 4.69) is 10.6 Å². The number of hydrogen-bond acceptors (Lipinski definition) is 2. The fraction of sp³-hybridized carbons (Fsp3) is 0.462. The zero-order valence-corrected chi connectivity index (χ0v) is 10.0. The van der Waals surface area contributed by atoms with Gasteiger partial charge in [0.1, 0.15) is 5.75 Å². The van der Waals surface area contributed by atoms with Crippen LogP contribution in [0, 0.1) is 0 Å². The van der Waals surface area contributed by atoms with E-state index in [0.717, 1.165) is 24.3 Å². The van der Waals surface area contributed by atoms with Crippen molar-refractivity contribution in [2.24, 2.45) is 0 Å². The van der Waals surface area contributed by atoms with Crippen molar-refractivity contribution in [2.45, 2.75) is 31.7 Å². The number of hydrogen-bond donors (Lipinski definition) is 2. The summed E-state index contributed by atoms with van der Waals surface area (Å²) in [7, 11) is 1.61. The summed E-state index contributed by atoms with van der Waals surface area (Å²) >= 11 is 0. The molecule has 0 aliphatic heterocycles. The predicted octanol–water partition coefficient (Wildman–Crippen LogP) is 2.76. The fourth-order valence-electron chi connectivity index (χ4n) is 2.12. The number of anilines is 1. The second kappa shape index (κ2) is 5.57. The van der Waals surface area contributed by atoms with Crippen molar-refractivity contribution in [1.82, 2.24) is 5.32 Å². The minimum absolute atomic E-state index is 0.134. The SMILES string of the molecule is COc1cccc(NC(=O)NC2CCCC2)c1. The van der Waals surface area contributed by atoms with Crippen LogP contribution in [0.5, 0.6) is 5.75 Å². The smallest absolute Gasteiger partial charge is 0.319 e. The molecule has 0 radical (unpaired) electrons. The van der Waals surface area contributed by atoms with E-state index in [1.807, 2.05) is 18.2 Å². The Morgan fingerprint density at radius 3 is 2.82 bits per heavy atom. The molecular weight excluding hydrogens is 216 g/mol. The van der Waals surface area contributed by atoms with Crippen LogP contribution in [0.3, 0.4) is 0 Å². The molecule has 1 aromatic carbocycles. The molecule has 0 heterocycles. The van der Waals surface area contributed by atoms with E-state index in [1.165, 1.54) is 12.8 Å². The average Bonchev–Trinajstić information content (AvgIpc) is 2.82. The summed E-state index contributed by atoms with van der Waals surface area (Å²) in [5.74, 6) is 0.740. The van der Waals surface area contributed by atoms with Crippen LogP contribution in [0.25, 0.3) is 0 Å². The first kappa shape index (κ1) is 11.8. The van der Waals surface area contributed by atoms with E-state index in [-0.39, 0.29) is 6.03 Å². The molecule has 0 aromatic heterocycles. The number of nitrogens with one attached hydrogen (secondary N) is 2. The summed E-state index contributed by atoms with van der Waals surface area (Å²) in [5, 5.41) is 5.79. The van der Waals surface area contributed by atoms with Gasteiger partial charge >= 0.3 is 6.03 Å². The summed E-state index contributed by atoms with van der Waals surface area (Å²) in [5.41, 5.74) is 0.750. The van der Waals surface area contributed by atoms with Gasteiger partial charge in [-0.2, -0.15) is 0 Å². The number of benzene rings is 1. The summed E-state index contributed by atoms with van der Waals surface area (Å²) < 4.78 is 5.10. The lowest BCUT2D eigenvalue weighted by Crippen LogP contribution is -2.36. The highest BCUT2D eigenvalue weighted by molar-refractivity contribution is 5.89. The van der Waals surface area contributed by atoms with Gasteiger partial charge in [0.05, 0.1) is 7.11 Å². The molecule has 1 fully saturated rings. The van der Waals surface area contributed by atoms with Crippen LogP contribution in [0.4, 0.5) is 10.5 Å². The molecule has 2 N–H and O–H groups in total. The molecule has 2 rings (SSSR count). The van der Waals surface area contributed by atoms with Crippen LogP contribution < -0.4 is 15.4 Å². The molecule has 1 aromatic rings. The maximum atomic E-state index is 11.7. The summed E-state index contributed by atoms with van der Waals surface area (Å²) in [6.45, 7) is 0. The maximum absolute atomic E-state index is 11.7. The van der Waals surface area contributed by atoms with Crippen molar-refractivity contribution in [3.8, 4) is 5.75 Å². The van der Waals surface area contributed by atoms with E-state index < -0.39 is 0 Å². The normalized spacial score (nSPS) is 15.6. The number of methoxy groups -OCH3 is 1. The molecule has 0 unspecified atom stereocenters. The third-order valence-electron chi connectivity index (χ3n) is 3.02. The first-order valence-electron chi connectivity index (χ1n) is 5.99.